The Labute approximate surface area is 89.0 Å². The fraction of sp³-hybridized carbons (Fsp3) is 0.333. The molecule has 0 radical (unpaired) electrons. The quantitative estimate of drug-likeness (QED) is 0.627. The van der Waals surface area contributed by atoms with E-state index in [1.54, 1.807) is 24.3 Å². The molecule has 0 saturated carbocycles. The zero-order valence-electron chi connectivity index (χ0n) is 8.30. The van der Waals surface area contributed by atoms with Crippen molar-refractivity contribution in [2.75, 3.05) is 6.61 Å². The summed E-state index contributed by atoms with van der Waals surface area (Å²) in [5.41, 5.74) is 1.22. The van der Waals surface area contributed by atoms with E-state index in [2.05, 4.69) is 5.92 Å². The van der Waals surface area contributed by atoms with Crippen LogP contribution in [-0.2, 0) is 0 Å². The number of hydrogen-bond donors (Lipinski definition) is 3. The van der Waals surface area contributed by atoms with E-state index in [0.29, 0.717) is 11.1 Å². The van der Waals surface area contributed by atoms with Crippen LogP contribution in [0.4, 0.5) is 0 Å². The average Bonchev–Trinajstić information content (AvgIpc) is 2.28. The van der Waals surface area contributed by atoms with Crippen molar-refractivity contribution in [3.63, 3.8) is 0 Å². The molecule has 0 fully saturated rings. The maximum atomic E-state index is 9.71. The summed E-state index contributed by atoms with van der Waals surface area (Å²) in [6.45, 7) is -0.160. The van der Waals surface area contributed by atoms with Crippen LogP contribution in [0.15, 0.2) is 24.3 Å². The lowest BCUT2D eigenvalue weighted by Gasteiger charge is -2.17. The van der Waals surface area contributed by atoms with E-state index < -0.39 is 12.2 Å². The lowest BCUT2D eigenvalue weighted by molar-refractivity contribution is 0.00421. The lowest BCUT2D eigenvalue weighted by Crippen LogP contribution is -2.19. The van der Waals surface area contributed by atoms with Gasteiger partial charge in [0, 0.05) is 12.2 Å². The number of aliphatic hydroxyl groups excluding tert-OH is 3. The molecule has 1 aromatic carbocycles. The van der Waals surface area contributed by atoms with E-state index in [-0.39, 0.29) is 13.0 Å². The highest BCUT2D eigenvalue weighted by molar-refractivity contribution is 5.36. The van der Waals surface area contributed by atoms with Crippen LogP contribution in [0.2, 0.25) is 0 Å². The predicted octanol–water partition coefficient (Wildman–Crippen LogP) is 0.445. The molecule has 1 rings (SSSR count). The van der Waals surface area contributed by atoms with Crippen LogP contribution in [0.1, 0.15) is 23.7 Å². The Hall–Kier alpha value is -1.34. The summed E-state index contributed by atoms with van der Waals surface area (Å²) in [6.07, 6.45) is 3.38. The van der Waals surface area contributed by atoms with Crippen molar-refractivity contribution in [2.24, 2.45) is 0 Å². The molecule has 80 valence electrons. The summed E-state index contributed by atoms with van der Waals surface area (Å²) in [6, 6.07) is 6.80. The highest BCUT2D eigenvalue weighted by Gasteiger charge is 2.17. The summed E-state index contributed by atoms with van der Waals surface area (Å²) >= 11 is 0. The van der Waals surface area contributed by atoms with Crippen LogP contribution in [-0.4, -0.2) is 28.0 Å². The van der Waals surface area contributed by atoms with Crippen LogP contribution in [0.3, 0.4) is 0 Å². The molecule has 15 heavy (non-hydrogen) atoms. The summed E-state index contributed by atoms with van der Waals surface area (Å²) in [5, 5.41) is 27.8. The van der Waals surface area contributed by atoms with Crippen molar-refractivity contribution in [1.82, 2.24) is 0 Å². The lowest BCUT2D eigenvalue weighted by atomic mass is 10.0. The number of benzene rings is 1. The van der Waals surface area contributed by atoms with E-state index in [1.807, 2.05) is 0 Å². The fourth-order valence-electron chi connectivity index (χ4n) is 1.32. The Balaban J connectivity index is 2.82. The van der Waals surface area contributed by atoms with Crippen LogP contribution in [0.5, 0.6) is 0 Å². The molecule has 0 saturated heterocycles. The van der Waals surface area contributed by atoms with E-state index >= 15 is 0 Å². The molecule has 0 aliphatic rings. The molecule has 0 amide bonds. The molecule has 0 aliphatic carbocycles. The number of terminal acetylenes is 1. The van der Waals surface area contributed by atoms with Gasteiger partial charge in [-0.1, -0.05) is 18.1 Å². The summed E-state index contributed by atoms with van der Waals surface area (Å²) < 4.78 is 0. The van der Waals surface area contributed by atoms with Crippen molar-refractivity contribution < 1.29 is 15.3 Å². The van der Waals surface area contributed by atoms with Gasteiger partial charge in [0.05, 0.1) is 6.10 Å². The van der Waals surface area contributed by atoms with Crippen molar-refractivity contribution >= 4 is 0 Å². The van der Waals surface area contributed by atoms with Crippen molar-refractivity contribution in [1.29, 1.82) is 0 Å². The van der Waals surface area contributed by atoms with Gasteiger partial charge in [0.2, 0.25) is 0 Å². The summed E-state index contributed by atoms with van der Waals surface area (Å²) in [7, 11) is 0. The van der Waals surface area contributed by atoms with Crippen LogP contribution >= 0.6 is 0 Å². The summed E-state index contributed by atoms with van der Waals surface area (Å²) in [4.78, 5) is 0. The van der Waals surface area contributed by atoms with Crippen LogP contribution < -0.4 is 0 Å². The van der Waals surface area contributed by atoms with Crippen molar-refractivity contribution in [2.45, 2.75) is 18.6 Å². The Morgan fingerprint density at radius 3 is 2.67 bits per heavy atom. The van der Waals surface area contributed by atoms with Gasteiger partial charge in [-0.25, -0.2) is 0 Å². The third-order valence-corrected chi connectivity index (χ3v) is 2.18. The van der Waals surface area contributed by atoms with Gasteiger partial charge in [0.25, 0.3) is 0 Å². The first-order valence-electron chi connectivity index (χ1n) is 4.72. The Morgan fingerprint density at radius 2 is 2.07 bits per heavy atom. The van der Waals surface area contributed by atoms with Gasteiger partial charge >= 0.3 is 0 Å². The van der Waals surface area contributed by atoms with Gasteiger partial charge in [0.1, 0.15) is 6.10 Å². The Bertz CT molecular complexity index is 354. The molecule has 0 bridgehead atoms. The number of hydrogen-bond acceptors (Lipinski definition) is 3. The third-order valence-electron chi connectivity index (χ3n) is 2.18. The molecule has 3 N–H and O–H groups in total. The first kappa shape index (κ1) is 11.7. The van der Waals surface area contributed by atoms with E-state index in [0.717, 1.165) is 0 Å². The van der Waals surface area contributed by atoms with Gasteiger partial charge in [-0.3, -0.25) is 0 Å². The number of rotatable bonds is 4. The molecule has 0 spiro atoms. The SMILES string of the molecule is C#Cc1cccc(C(O)C(O)CCO)c1. The molecular weight excluding hydrogens is 192 g/mol. The van der Waals surface area contributed by atoms with Crippen LogP contribution in [0, 0.1) is 12.3 Å². The standard InChI is InChI=1S/C12H14O3/c1-2-9-4-3-5-10(8-9)12(15)11(14)6-7-13/h1,3-5,8,11-15H,6-7H2. The normalized spacial score (nSPS) is 14.3. The maximum Gasteiger partial charge on any atom is 0.105 e. The van der Waals surface area contributed by atoms with Gasteiger partial charge in [-0.15, -0.1) is 6.42 Å². The zero-order chi connectivity index (χ0) is 11.3. The monoisotopic (exact) mass is 206 g/mol. The topological polar surface area (TPSA) is 60.7 Å². The fourth-order valence-corrected chi connectivity index (χ4v) is 1.32. The predicted molar refractivity (Wildman–Crippen MR) is 57.0 cm³/mol. The highest BCUT2D eigenvalue weighted by Crippen LogP contribution is 2.19. The van der Waals surface area contributed by atoms with Crippen molar-refractivity contribution in [3.05, 3.63) is 35.4 Å². The maximum absolute atomic E-state index is 9.71. The Kier molecular flexibility index (Phi) is 4.32. The minimum Gasteiger partial charge on any atom is -0.396 e. The molecule has 2 atom stereocenters. The second-order valence-corrected chi connectivity index (χ2v) is 3.29. The van der Waals surface area contributed by atoms with Gasteiger partial charge in [0.15, 0.2) is 0 Å². The zero-order valence-corrected chi connectivity index (χ0v) is 8.30. The number of aliphatic hydroxyl groups is 3. The largest absolute Gasteiger partial charge is 0.396 e. The minimum absolute atomic E-state index is 0.140. The smallest absolute Gasteiger partial charge is 0.105 e. The summed E-state index contributed by atoms with van der Waals surface area (Å²) in [5.74, 6) is 2.45. The molecular formula is C12H14O3. The molecule has 2 unspecified atom stereocenters. The first-order valence-corrected chi connectivity index (χ1v) is 4.72. The van der Waals surface area contributed by atoms with Gasteiger partial charge < -0.3 is 15.3 Å². The molecule has 1 aromatic rings. The highest BCUT2D eigenvalue weighted by atomic mass is 16.3. The molecule has 3 heteroatoms. The second-order valence-electron chi connectivity index (χ2n) is 3.29. The molecule has 0 heterocycles. The first-order chi connectivity index (χ1) is 7.19. The minimum atomic E-state index is -1.01. The van der Waals surface area contributed by atoms with Crippen LogP contribution in [0.25, 0.3) is 0 Å². The molecule has 0 aromatic heterocycles. The van der Waals surface area contributed by atoms with Gasteiger partial charge in [-0.05, 0) is 24.1 Å². The van der Waals surface area contributed by atoms with Gasteiger partial charge in [-0.2, -0.15) is 0 Å². The van der Waals surface area contributed by atoms with E-state index in [4.69, 9.17) is 11.5 Å². The van der Waals surface area contributed by atoms with Crippen molar-refractivity contribution in [3.8, 4) is 12.3 Å². The third kappa shape index (κ3) is 3.07. The van der Waals surface area contributed by atoms with E-state index in [9.17, 15) is 10.2 Å². The average molecular weight is 206 g/mol. The van der Waals surface area contributed by atoms with E-state index in [1.165, 1.54) is 0 Å². The Morgan fingerprint density at radius 1 is 1.33 bits per heavy atom. The molecule has 3 nitrogen and oxygen atoms in total. The second kappa shape index (κ2) is 5.52. The molecule has 0 aliphatic heterocycles.